The van der Waals surface area contributed by atoms with Gasteiger partial charge in [0.05, 0.1) is 15.9 Å². The molecule has 1 fully saturated rings. The molecule has 0 aliphatic carbocycles. The highest BCUT2D eigenvalue weighted by Crippen LogP contribution is 2.26. The van der Waals surface area contributed by atoms with Crippen molar-refractivity contribution in [1.29, 1.82) is 0 Å². The molecule has 1 aliphatic heterocycles. The minimum atomic E-state index is 0.0366. The fourth-order valence-electron chi connectivity index (χ4n) is 3.54. The summed E-state index contributed by atoms with van der Waals surface area (Å²) in [6.07, 6.45) is 0. The molecule has 30 heavy (non-hydrogen) atoms. The van der Waals surface area contributed by atoms with Gasteiger partial charge in [0.1, 0.15) is 5.01 Å². The second kappa shape index (κ2) is 8.43. The van der Waals surface area contributed by atoms with Gasteiger partial charge in [0, 0.05) is 48.7 Å². The zero-order valence-electron chi connectivity index (χ0n) is 16.1. The van der Waals surface area contributed by atoms with E-state index in [9.17, 15) is 4.79 Å². The van der Waals surface area contributed by atoms with Gasteiger partial charge in [-0.3, -0.25) is 9.69 Å². The lowest BCUT2D eigenvalue weighted by atomic mass is 10.2. The van der Waals surface area contributed by atoms with Crippen molar-refractivity contribution in [2.45, 2.75) is 6.54 Å². The maximum Gasteiger partial charge on any atom is 0.282 e. The van der Waals surface area contributed by atoms with Crippen molar-refractivity contribution in [2.75, 3.05) is 26.2 Å². The summed E-state index contributed by atoms with van der Waals surface area (Å²) in [5.74, 6) is 0.0366. The number of carbonyl (C=O) groups excluding carboxylic acids is 1. The quantitative estimate of drug-likeness (QED) is 0.434. The van der Waals surface area contributed by atoms with Crippen LogP contribution in [0.2, 0.25) is 5.02 Å². The summed E-state index contributed by atoms with van der Waals surface area (Å²) in [4.78, 5) is 26.4. The van der Waals surface area contributed by atoms with Crippen molar-refractivity contribution in [3.8, 4) is 10.6 Å². The standard InChI is InChI=1S/C22H19ClN4OS2/c23-16-7-5-15(6-8-16)20-24-17(14-29-20)13-26-9-11-27(12-10-26)22(28)21-25-18-3-1-2-4-19(18)30-21/h1-8,14H,9-13H2. The molecule has 4 aromatic rings. The SMILES string of the molecule is O=C(c1nc2ccccc2s1)N1CCN(Cc2csc(-c3ccc(Cl)cc3)n2)CC1. The largest absolute Gasteiger partial charge is 0.334 e. The lowest BCUT2D eigenvalue weighted by molar-refractivity contribution is 0.0627. The number of nitrogens with zero attached hydrogens (tertiary/aromatic N) is 4. The summed E-state index contributed by atoms with van der Waals surface area (Å²) in [6.45, 7) is 3.90. The van der Waals surface area contributed by atoms with Gasteiger partial charge in [-0.2, -0.15) is 0 Å². The Morgan fingerprint density at radius 1 is 1.00 bits per heavy atom. The molecule has 0 spiro atoms. The Kier molecular flexibility index (Phi) is 5.52. The monoisotopic (exact) mass is 454 g/mol. The van der Waals surface area contributed by atoms with Crippen LogP contribution in [0.1, 0.15) is 15.5 Å². The van der Waals surface area contributed by atoms with Gasteiger partial charge in [-0.25, -0.2) is 9.97 Å². The lowest BCUT2D eigenvalue weighted by Crippen LogP contribution is -2.48. The zero-order valence-corrected chi connectivity index (χ0v) is 18.5. The molecular formula is C22H19ClN4OS2. The number of para-hydroxylation sites is 1. The predicted octanol–water partition coefficient (Wildman–Crippen LogP) is 5.03. The van der Waals surface area contributed by atoms with Crippen LogP contribution in [0.25, 0.3) is 20.8 Å². The molecule has 2 aromatic carbocycles. The van der Waals surface area contributed by atoms with Gasteiger partial charge in [-0.1, -0.05) is 35.9 Å². The van der Waals surface area contributed by atoms with Gasteiger partial charge in [-0.15, -0.1) is 22.7 Å². The van der Waals surface area contributed by atoms with E-state index in [0.29, 0.717) is 18.1 Å². The van der Waals surface area contributed by atoms with Crippen molar-refractivity contribution in [3.05, 3.63) is 69.6 Å². The summed E-state index contributed by atoms with van der Waals surface area (Å²) >= 11 is 9.09. The van der Waals surface area contributed by atoms with E-state index in [1.165, 1.54) is 11.3 Å². The molecule has 3 heterocycles. The average Bonchev–Trinajstić information content (AvgIpc) is 3.41. The number of hydrogen-bond acceptors (Lipinski definition) is 6. The highest BCUT2D eigenvalue weighted by Gasteiger charge is 2.25. The van der Waals surface area contributed by atoms with E-state index < -0.39 is 0 Å². The first-order chi connectivity index (χ1) is 14.7. The Bertz CT molecular complexity index is 1150. The Hall–Kier alpha value is -2.32. The van der Waals surface area contributed by atoms with Crippen LogP contribution in [0.5, 0.6) is 0 Å². The molecule has 1 saturated heterocycles. The number of halogens is 1. The molecule has 0 radical (unpaired) electrons. The van der Waals surface area contributed by atoms with Crippen LogP contribution in [0.4, 0.5) is 0 Å². The van der Waals surface area contributed by atoms with E-state index in [4.69, 9.17) is 16.6 Å². The van der Waals surface area contributed by atoms with Crippen LogP contribution in [-0.2, 0) is 6.54 Å². The first kappa shape index (κ1) is 19.6. The molecule has 152 valence electrons. The number of rotatable bonds is 4. The molecule has 8 heteroatoms. The van der Waals surface area contributed by atoms with Gasteiger partial charge in [0.15, 0.2) is 5.01 Å². The van der Waals surface area contributed by atoms with Gasteiger partial charge >= 0.3 is 0 Å². The fourth-order valence-corrected chi connectivity index (χ4v) is 5.42. The lowest BCUT2D eigenvalue weighted by Gasteiger charge is -2.33. The molecule has 0 atom stereocenters. The second-order valence-electron chi connectivity index (χ2n) is 7.21. The van der Waals surface area contributed by atoms with Gasteiger partial charge < -0.3 is 4.90 Å². The number of thiazole rings is 2. The summed E-state index contributed by atoms with van der Waals surface area (Å²) in [7, 11) is 0. The van der Waals surface area contributed by atoms with E-state index in [1.807, 2.05) is 53.4 Å². The number of piperazine rings is 1. The van der Waals surface area contributed by atoms with Gasteiger partial charge in [-0.05, 0) is 24.3 Å². The predicted molar refractivity (Wildman–Crippen MR) is 123 cm³/mol. The number of fused-ring (bicyclic) bond motifs is 1. The first-order valence-corrected chi connectivity index (χ1v) is 11.8. The van der Waals surface area contributed by atoms with Crippen LogP contribution < -0.4 is 0 Å². The van der Waals surface area contributed by atoms with E-state index in [0.717, 1.165) is 51.1 Å². The molecule has 0 bridgehead atoms. The van der Waals surface area contributed by atoms with Crippen LogP contribution >= 0.6 is 34.3 Å². The number of benzene rings is 2. The highest BCUT2D eigenvalue weighted by atomic mass is 35.5. The Morgan fingerprint density at radius 2 is 1.77 bits per heavy atom. The van der Waals surface area contributed by atoms with E-state index >= 15 is 0 Å². The van der Waals surface area contributed by atoms with E-state index in [1.54, 1.807) is 11.3 Å². The molecule has 2 aromatic heterocycles. The molecule has 0 unspecified atom stereocenters. The summed E-state index contributed by atoms with van der Waals surface area (Å²) in [6, 6.07) is 15.7. The average molecular weight is 455 g/mol. The highest BCUT2D eigenvalue weighted by molar-refractivity contribution is 7.20. The molecule has 1 amide bonds. The molecule has 0 saturated carbocycles. The van der Waals surface area contributed by atoms with E-state index in [-0.39, 0.29) is 5.91 Å². The second-order valence-corrected chi connectivity index (χ2v) is 9.53. The van der Waals surface area contributed by atoms with Crippen molar-refractivity contribution >= 4 is 50.4 Å². The summed E-state index contributed by atoms with van der Waals surface area (Å²) < 4.78 is 1.06. The fraction of sp³-hybridized carbons (Fsp3) is 0.227. The molecule has 5 nitrogen and oxygen atoms in total. The summed E-state index contributed by atoms with van der Waals surface area (Å²) in [5, 5.41) is 4.43. The van der Waals surface area contributed by atoms with Gasteiger partial charge in [0.2, 0.25) is 0 Å². The maximum absolute atomic E-state index is 12.9. The Labute approximate surface area is 187 Å². The van der Waals surface area contributed by atoms with Gasteiger partial charge in [0.25, 0.3) is 5.91 Å². The molecular weight excluding hydrogens is 436 g/mol. The first-order valence-electron chi connectivity index (χ1n) is 9.73. The van der Waals surface area contributed by atoms with Crippen LogP contribution in [0, 0.1) is 0 Å². The number of hydrogen-bond donors (Lipinski definition) is 0. The van der Waals surface area contributed by atoms with Crippen molar-refractivity contribution in [3.63, 3.8) is 0 Å². The number of aromatic nitrogens is 2. The smallest absolute Gasteiger partial charge is 0.282 e. The van der Waals surface area contributed by atoms with Crippen molar-refractivity contribution < 1.29 is 4.79 Å². The summed E-state index contributed by atoms with van der Waals surface area (Å²) in [5.41, 5.74) is 3.04. The van der Waals surface area contributed by atoms with Crippen molar-refractivity contribution in [2.24, 2.45) is 0 Å². The third kappa shape index (κ3) is 4.11. The minimum absolute atomic E-state index is 0.0366. The third-order valence-electron chi connectivity index (χ3n) is 5.16. The topological polar surface area (TPSA) is 49.3 Å². The Balaban J connectivity index is 1.19. The number of amides is 1. The van der Waals surface area contributed by atoms with Crippen molar-refractivity contribution in [1.82, 2.24) is 19.8 Å². The third-order valence-corrected chi connectivity index (χ3v) is 7.38. The van der Waals surface area contributed by atoms with E-state index in [2.05, 4.69) is 15.3 Å². The zero-order chi connectivity index (χ0) is 20.5. The normalized spacial score (nSPS) is 15.0. The maximum atomic E-state index is 12.9. The Morgan fingerprint density at radius 3 is 2.53 bits per heavy atom. The molecule has 1 aliphatic rings. The molecule has 5 rings (SSSR count). The van der Waals surface area contributed by atoms with Crippen LogP contribution in [-0.4, -0.2) is 51.9 Å². The van der Waals surface area contributed by atoms with Crippen LogP contribution in [0.15, 0.2) is 53.9 Å². The number of carbonyl (C=O) groups is 1. The molecule has 0 N–H and O–H groups in total. The van der Waals surface area contributed by atoms with Crippen LogP contribution in [0.3, 0.4) is 0 Å². The minimum Gasteiger partial charge on any atom is -0.334 e.